The van der Waals surface area contributed by atoms with Gasteiger partial charge in [0, 0.05) is 29.1 Å². The van der Waals surface area contributed by atoms with Crippen molar-refractivity contribution in [1.29, 1.82) is 0 Å². The van der Waals surface area contributed by atoms with E-state index in [0.29, 0.717) is 28.8 Å². The van der Waals surface area contributed by atoms with Crippen LogP contribution < -0.4 is 5.32 Å². The molecule has 138 valence electrons. The van der Waals surface area contributed by atoms with E-state index in [9.17, 15) is 18.0 Å². The van der Waals surface area contributed by atoms with E-state index in [1.165, 1.54) is 12.3 Å². The molecule has 0 spiro atoms. The molecule has 2 aromatic heterocycles. The smallest absolute Gasteiger partial charge is 0.276 e. The standard InChI is InChI=1S/C18H13F3N4OS/c1-8-15(14-11(20)6-10(19)7-12(14)21)24-18(27-8)25-17(26)13-4-5-22-16(23-13)9-2-3-9/h4-7,9H,2-3H2,1H3,(H,24,25,26). The van der Waals surface area contributed by atoms with E-state index in [4.69, 9.17) is 0 Å². The minimum Gasteiger partial charge on any atom is -0.296 e. The summed E-state index contributed by atoms with van der Waals surface area (Å²) in [6.45, 7) is 1.61. The van der Waals surface area contributed by atoms with Crippen molar-refractivity contribution in [2.24, 2.45) is 0 Å². The average molecular weight is 390 g/mol. The maximum atomic E-state index is 14.0. The van der Waals surface area contributed by atoms with Gasteiger partial charge in [0.05, 0.1) is 11.3 Å². The molecular weight excluding hydrogens is 377 g/mol. The van der Waals surface area contributed by atoms with Gasteiger partial charge in [-0.05, 0) is 25.8 Å². The van der Waals surface area contributed by atoms with Gasteiger partial charge in [-0.25, -0.2) is 28.1 Å². The molecule has 3 aromatic rings. The van der Waals surface area contributed by atoms with Gasteiger partial charge in [0.2, 0.25) is 0 Å². The molecule has 1 aliphatic carbocycles. The summed E-state index contributed by atoms with van der Waals surface area (Å²) < 4.78 is 41.2. The van der Waals surface area contributed by atoms with E-state index in [-0.39, 0.29) is 16.5 Å². The summed E-state index contributed by atoms with van der Waals surface area (Å²) >= 11 is 1.06. The number of hydrogen-bond acceptors (Lipinski definition) is 5. The molecule has 0 radical (unpaired) electrons. The number of carbonyl (C=O) groups excluding carboxylic acids is 1. The SMILES string of the molecule is Cc1sc(NC(=O)c2ccnc(C3CC3)n2)nc1-c1c(F)cc(F)cc1F. The number of anilines is 1. The predicted octanol–water partition coefficient (Wildman–Crippen LogP) is 4.46. The summed E-state index contributed by atoms with van der Waals surface area (Å²) in [7, 11) is 0. The van der Waals surface area contributed by atoms with Gasteiger partial charge >= 0.3 is 0 Å². The molecule has 1 aliphatic rings. The molecule has 1 saturated carbocycles. The van der Waals surface area contributed by atoms with E-state index < -0.39 is 28.9 Å². The van der Waals surface area contributed by atoms with E-state index >= 15 is 0 Å². The summed E-state index contributed by atoms with van der Waals surface area (Å²) in [5, 5.41) is 2.75. The zero-order valence-corrected chi connectivity index (χ0v) is 14.9. The fraction of sp³-hybridized carbons (Fsp3) is 0.222. The molecule has 5 nitrogen and oxygen atoms in total. The van der Waals surface area contributed by atoms with Crippen molar-refractivity contribution in [2.75, 3.05) is 5.32 Å². The number of aromatic nitrogens is 3. The number of carbonyl (C=O) groups is 1. The Labute approximate surface area is 156 Å². The minimum atomic E-state index is -1.05. The van der Waals surface area contributed by atoms with Crippen molar-refractivity contribution in [2.45, 2.75) is 25.7 Å². The second kappa shape index (κ2) is 6.73. The normalized spacial score (nSPS) is 13.6. The molecule has 2 heterocycles. The fourth-order valence-electron chi connectivity index (χ4n) is 2.65. The van der Waals surface area contributed by atoms with Crippen LogP contribution in [0.1, 0.15) is 39.9 Å². The summed E-state index contributed by atoms with van der Waals surface area (Å²) in [6, 6.07) is 2.67. The molecule has 1 amide bonds. The van der Waals surface area contributed by atoms with Gasteiger partial charge in [-0.15, -0.1) is 11.3 Å². The first-order valence-electron chi connectivity index (χ1n) is 8.19. The monoisotopic (exact) mass is 390 g/mol. The first-order chi connectivity index (χ1) is 12.9. The predicted molar refractivity (Wildman–Crippen MR) is 94.1 cm³/mol. The molecular formula is C18H13F3N4OS. The summed E-state index contributed by atoms with van der Waals surface area (Å²) in [5.41, 5.74) is -0.212. The van der Waals surface area contributed by atoms with Crippen molar-refractivity contribution in [3.8, 4) is 11.3 Å². The summed E-state index contributed by atoms with van der Waals surface area (Å²) in [4.78, 5) is 25.4. The van der Waals surface area contributed by atoms with Crippen LogP contribution in [0.3, 0.4) is 0 Å². The molecule has 9 heteroatoms. The molecule has 27 heavy (non-hydrogen) atoms. The Bertz CT molecular complexity index is 1030. The Balaban J connectivity index is 1.60. The number of amides is 1. The van der Waals surface area contributed by atoms with E-state index in [1.54, 1.807) is 6.92 Å². The van der Waals surface area contributed by atoms with Gasteiger partial charge in [-0.1, -0.05) is 0 Å². The molecule has 0 atom stereocenters. The zero-order chi connectivity index (χ0) is 19.1. The van der Waals surface area contributed by atoms with Crippen LogP contribution in [0.4, 0.5) is 18.3 Å². The van der Waals surface area contributed by atoms with Crippen molar-refractivity contribution in [3.63, 3.8) is 0 Å². The van der Waals surface area contributed by atoms with Crippen LogP contribution >= 0.6 is 11.3 Å². The Morgan fingerprint density at radius 2 is 1.89 bits per heavy atom. The van der Waals surface area contributed by atoms with Crippen LogP contribution in [0.2, 0.25) is 0 Å². The highest BCUT2D eigenvalue weighted by Crippen LogP contribution is 2.38. The summed E-state index contributed by atoms with van der Waals surface area (Å²) in [6.07, 6.45) is 3.54. The Kier molecular flexibility index (Phi) is 4.39. The maximum absolute atomic E-state index is 14.0. The summed E-state index contributed by atoms with van der Waals surface area (Å²) in [5.74, 6) is -2.66. The minimum absolute atomic E-state index is 0.0201. The Hall–Kier alpha value is -2.81. The second-order valence-corrected chi connectivity index (χ2v) is 7.40. The van der Waals surface area contributed by atoms with E-state index in [2.05, 4.69) is 20.3 Å². The number of halogens is 3. The highest BCUT2D eigenvalue weighted by Gasteiger charge is 2.27. The lowest BCUT2D eigenvalue weighted by molar-refractivity contribution is 0.102. The number of rotatable bonds is 4. The molecule has 4 rings (SSSR count). The largest absolute Gasteiger partial charge is 0.296 e. The van der Waals surface area contributed by atoms with Crippen molar-refractivity contribution < 1.29 is 18.0 Å². The van der Waals surface area contributed by atoms with Crippen LogP contribution in [0.5, 0.6) is 0 Å². The molecule has 1 N–H and O–H groups in total. The molecule has 1 fully saturated rings. The van der Waals surface area contributed by atoms with E-state index in [1.807, 2.05) is 0 Å². The average Bonchev–Trinajstić information content (AvgIpc) is 3.39. The number of aryl methyl sites for hydroxylation is 1. The molecule has 1 aromatic carbocycles. The third kappa shape index (κ3) is 3.55. The highest BCUT2D eigenvalue weighted by molar-refractivity contribution is 7.16. The quantitative estimate of drug-likeness (QED) is 0.714. The van der Waals surface area contributed by atoms with Crippen LogP contribution in [0.25, 0.3) is 11.3 Å². The molecule has 0 saturated heterocycles. The van der Waals surface area contributed by atoms with Gasteiger partial charge in [-0.2, -0.15) is 0 Å². The topological polar surface area (TPSA) is 67.8 Å². The molecule has 0 bridgehead atoms. The van der Waals surface area contributed by atoms with Gasteiger partial charge in [0.1, 0.15) is 29.0 Å². The Morgan fingerprint density at radius 1 is 1.19 bits per heavy atom. The van der Waals surface area contributed by atoms with Gasteiger partial charge in [-0.3, -0.25) is 10.1 Å². The Morgan fingerprint density at radius 3 is 2.56 bits per heavy atom. The van der Waals surface area contributed by atoms with Crippen LogP contribution in [0, 0.1) is 24.4 Å². The fourth-order valence-corrected chi connectivity index (χ4v) is 3.46. The lowest BCUT2D eigenvalue weighted by Crippen LogP contribution is -2.14. The van der Waals surface area contributed by atoms with Crippen LogP contribution in [-0.4, -0.2) is 20.9 Å². The van der Waals surface area contributed by atoms with Gasteiger partial charge in [0.25, 0.3) is 5.91 Å². The highest BCUT2D eigenvalue weighted by atomic mass is 32.1. The third-order valence-corrected chi connectivity index (χ3v) is 5.00. The molecule has 0 aliphatic heterocycles. The third-order valence-electron chi connectivity index (χ3n) is 4.11. The number of nitrogens with zero attached hydrogens (tertiary/aromatic N) is 3. The van der Waals surface area contributed by atoms with Crippen molar-refractivity contribution in [3.05, 3.63) is 58.2 Å². The van der Waals surface area contributed by atoms with E-state index in [0.717, 1.165) is 24.2 Å². The number of hydrogen-bond donors (Lipinski definition) is 1. The zero-order valence-electron chi connectivity index (χ0n) is 14.1. The number of nitrogens with one attached hydrogen (secondary N) is 1. The maximum Gasteiger partial charge on any atom is 0.276 e. The van der Waals surface area contributed by atoms with Crippen LogP contribution in [0.15, 0.2) is 24.4 Å². The first-order valence-corrected chi connectivity index (χ1v) is 9.00. The van der Waals surface area contributed by atoms with Gasteiger partial charge < -0.3 is 0 Å². The first kappa shape index (κ1) is 17.6. The number of thiazole rings is 1. The molecule has 0 unspecified atom stereocenters. The van der Waals surface area contributed by atoms with Crippen molar-refractivity contribution in [1.82, 2.24) is 15.0 Å². The number of benzene rings is 1. The van der Waals surface area contributed by atoms with Crippen molar-refractivity contribution >= 4 is 22.4 Å². The lowest BCUT2D eigenvalue weighted by atomic mass is 10.1. The van der Waals surface area contributed by atoms with Crippen LogP contribution in [-0.2, 0) is 0 Å². The lowest BCUT2D eigenvalue weighted by Gasteiger charge is -2.04. The van der Waals surface area contributed by atoms with Gasteiger partial charge in [0.15, 0.2) is 5.13 Å². The second-order valence-electron chi connectivity index (χ2n) is 6.20.